The van der Waals surface area contributed by atoms with Crippen molar-refractivity contribution in [3.8, 4) is 11.5 Å². The van der Waals surface area contributed by atoms with Gasteiger partial charge in [-0.25, -0.2) is 4.79 Å². The van der Waals surface area contributed by atoms with Crippen LogP contribution in [0.3, 0.4) is 0 Å². The average molecular weight is 681 g/mol. The van der Waals surface area contributed by atoms with Crippen LogP contribution in [-0.4, -0.2) is 92.6 Å². The summed E-state index contributed by atoms with van der Waals surface area (Å²) in [5.41, 5.74) is 3.89. The molecule has 0 radical (unpaired) electrons. The van der Waals surface area contributed by atoms with E-state index in [0.717, 1.165) is 4.90 Å². The number of nitrogens with two attached hydrogens (primary N) is 2. The number of fused-ring (bicyclic) bond motifs is 6. The summed E-state index contributed by atoms with van der Waals surface area (Å²) < 4.78 is 52.8. The van der Waals surface area contributed by atoms with Gasteiger partial charge >= 0.3 is 12.5 Å². The maximum Gasteiger partial charge on any atom is 0.573 e. The van der Waals surface area contributed by atoms with Crippen molar-refractivity contribution < 1.29 is 62.2 Å². The molecular formula is C31H35F3N4O10. The molecule has 2 unspecified atom stereocenters. The summed E-state index contributed by atoms with van der Waals surface area (Å²) in [5, 5.41) is 46.0. The van der Waals surface area contributed by atoms with Gasteiger partial charge in [0, 0.05) is 35.2 Å². The number of hydrogen-bond donors (Lipinski definition) is 6. The van der Waals surface area contributed by atoms with Crippen LogP contribution in [0.5, 0.6) is 11.5 Å². The van der Waals surface area contributed by atoms with Gasteiger partial charge in [0.15, 0.2) is 17.1 Å². The Labute approximate surface area is 271 Å². The van der Waals surface area contributed by atoms with Gasteiger partial charge in [-0.05, 0) is 65.5 Å². The molecule has 2 fully saturated rings. The van der Waals surface area contributed by atoms with Gasteiger partial charge in [-0.3, -0.25) is 24.2 Å². The highest BCUT2D eigenvalue weighted by atomic mass is 19.4. The summed E-state index contributed by atoms with van der Waals surface area (Å²) in [4.78, 5) is 55.2. The molecule has 0 spiro atoms. The van der Waals surface area contributed by atoms with Crippen LogP contribution in [0, 0.1) is 17.8 Å². The van der Waals surface area contributed by atoms with Crippen molar-refractivity contribution in [2.75, 3.05) is 25.0 Å². The maximum atomic E-state index is 14.2. The topological polar surface area (TPSA) is 226 Å². The molecule has 5 aliphatic rings. The number of alkyl halides is 3. The Bertz CT molecular complexity index is 1750. The number of anilines is 1. The first-order chi connectivity index (χ1) is 22.1. The van der Waals surface area contributed by atoms with Crippen molar-refractivity contribution in [3.05, 3.63) is 33.6 Å². The summed E-state index contributed by atoms with van der Waals surface area (Å²) in [6, 6.07) is -2.50. The standard InChI is InChI=1S/C31H35F3N4O10/c1-29(2,3)48-28(45)38-9-10-5-6-37(4)19(10)16-20(38)23(41)15-12(24(16)47-31(32,33)34)7-11-8-13-18(35)22(40)17(27(36)44)26(43)30(13,46)25(42)14(11)21(15)39/h10-11,13,18-19,39,41,43,46H,5-9,35H2,1-4H3,(H2,36,44)/t10?,11-,13-,18-,19?,30-/m0/s1. The van der Waals surface area contributed by atoms with E-state index in [1.807, 2.05) is 0 Å². The monoisotopic (exact) mass is 680 g/mol. The predicted molar refractivity (Wildman–Crippen MR) is 158 cm³/mol. The number of rotatable bonds is 2. The largest absolute Gasteiger partial charge is 0.573 e. The third-order valence-corrected chi connectivity index (χ3v) is 9.97. The number of primary amides is 1. The van der Waals surface area contributed by atoms with Crippen LogP contribution in [0.25, 0.3) is 5.76 Å². The molecular weight excluding hydrogens is 645 g/mol. The predicted octanol–water partition coefficient (Wildman–Crippen LogP) is 2.01. The van der Waals surface area contributed by atoms with Gasteiger partial charge < -0.3 is 41.4 Å². The number of aliphatic hydroxyl groups excluding tert-OH is 2. The number of phenols is 1. The molecule has 2 heterocycles. The number of carbonyl (C=O) groups is 4. The van der Waals surface area contributed by atoms with Gasteiger partial charge in [-0.2, -0.15) is 0 Å². The van der Waals surface area contributed by atoms with Gasteiger partial charge in [0.25, 0.3) is 5.91 Å². The quantitative estimate of drug-likeness (QED) is 0.247. The van der Waals surface area contributed by atoms with Crippen molar-refractivity contribution in [2.24, 2.45) is 29.2 Å². The highest BCUT2D eigenvalue weighted by Crippen LogP contribution is 2.60. The number of ether oxygens (including phenoxy) is 2. The number of benzene rings is 1. The number of ketones is 2. The van der Waals surface area contributed by atoms with E-state index in [0.29, 0.717) is 13.0 Å². The molecule has 1 aromatic rings. The SMILES string of the molecule is CN1CCC2CN(C(=O)OC(C)(C)C)c3c(O)c4c(c(OC(F)(F)F)c3C21)C[C@H]1C[C@H]2[C@H](N)C(=O)C(C(N)=O)=C(O)[C@@]2(O)C(=O)C1=C4O. The van der Waals surface area contributed by atoms with Crippen LogP contribution < -0.4 is 21.1 Å². The summed E-state index contributed by atoms with van der Waals surface area (Å²) >= 11 is 0. The lowest BCUT2D eigenvalue weighted by Gasteiger charge is -2.48. The van der Waals surface area contributed by atoms with Crippen molar-refractivity contribution in [1.29, 1.82) is 0 Å². The molecule has 8 N–H and O–H groups in total. The number of halogens is 3. The maximum absolute atomic E-state index is 14.2. The Hall–Kier alpha value is -4.35. The molecule has 0 bridgehead atoms. The Morgan fingerprint density at radius 3 is 2.33 bits per heavy atom. The fourth-order valence-corrected chi connectivity index (χ4v) is 8.09. The van der Waals surface area contributed by atoms with E-state index in [1.54, 1.807) is 32.7 Å². The number of nitrogens with zero attached hydrogens (tertiary/aromatic N) is 2. The van der Waals surface area contributed by atoms with Crippen molar-refractivity contribution >= 4 is 35.0 Å². The van der Waals surface area contributed by atoms with E-state index in [9.17, 15) is 52.8 Å². The van der Waals surface area contributed by atoms with Crippen LogP contribution in [0.2, 0.25) is 0 Å². The first-order valence-corrected chi connectivity index (χ1v) is 15.2. The molecule has 2 amide bonds. The highest BCUT2D eigenvalue weighted by Gasteiger charge is 2.63. The summed E-state index contributed by atoms with van der Waals surface area (Å²) in [6.45, 7) is 5.09. The van der Waals surface area contributed by atoms with Gasteiger partial charge in [0.2, 0.25) is 5.78 Å². The molecule has 260 valence electrons. The first-order valence-electron chi connectivity index (χ1n) is 15.2. The van der Waals surface area contributed by atoms with E-state index in [2.05, 4.69) is 4.74 Å². The lowest BCUT2D eigenvalue weighted by molar-refractivity contribution is -0.275. The number of aliphatic hydroxyl groups is 3. The van der Waals surface area contributed by atoms with Gasteiger partial charge in [-0.15, -0.1) is 13.2 Å². The first kappa shape index (κ1) is 33.5. The number of hydrogen-bond acceptors (Lipinski definition) is 12. The number of aromatic hydroxyl groups is 1. The lowest BCUT2D eigenvalue weighted by Crippen LogP contribution is -2.65. The van der Waals surface area contributed by atoms with E-state index < -0.39 is 129 Å². The Morgan fingerprint density at radius 1 is 1.10 bits per heavy atom. The second kappa shape index (κ2) is 10.6. The second-order valence-corrected chi connectivity index (χ2v) is 14.0. The molecule has 1 saturated heterocycles. The fraction of sp³-hybridized carbons (Fsp3) is 0.548. The molecule has 0 aromatic heterocycles. The smallest absolute Gasteiger partial charge is 0.508 e. The molecule has 17 heteroatoms. The van der Waals surface area contributed by atoms with Crippen molar-refractivity contribution in [3.63, 3.8) is 0 Å². The van der Waals surface area contributed by atoms with Crippen LogP contribution in [0.1, 0.15) is 56.3 Å². The number of phenolic OH excluding ortho intramolecular Hbond substituents is 1. The third-order valence-electron chi connectivity index (χ3n) is 9.97. The van der Waals surface area contributed by atoms with E-state index in [1.165, 1.54) is 0 Å². The summed E-state index contributed by atoms with van der Waals surface area (Å²) in [7, 11) is 1.67. The van der Waals surface area contributed by atoms with Crippen LogP contribution >= 0.6 is 0 Å². The van der Waals surface area contributed by atoms with Crippen molar-refractivity contribution in [2.45, 2.75) is 69.7 Å². The molecule has 48 heavy (non-hydrogen) atoms. The number of Topliss-reactive ketones (excluding diaryl/α,β-unsaturated/α-hetero) is 2. The van der Waals surface area contributed by atoms with Crippen LogP contribution in [-0.2, 0) is 25.5 Å². The lowest BCUT2D eigenvalue weighted by atomic mass is 9.57. The van der Waals surface area contributed by atoms with Gasteiger partial charge in [0.1, 0.15) is 28.4 Å². The Morgan fingerprint density at radius 2 is 1.75 bits per heavy atom. The normalized spacial score (nSPS) is 30.4. The van der Waals surface area contributed by atoms with E-state index in [-0.39, 0.29) is 17.7 Å². The number of amides is 2. The number of likely N-dealkylation sites (tertiary alicyclic amines) is 1. The zero-order valence-corrected chi connectivity index (χ0v) is 26.3. The second-order valence-electron chi connectivity index (χ2n) is 14.0. The summed E-state index contributed by atoms with van der Waals surface area (Å²) in [6.07, 6.45) is -6.72. The van der Waals surface area contributed by atoms with Crippen LogP contribution in [0.4, 0.5) is 23.7 Å². The fourth-order valence-electron chi connectivity index (χ4n) is 8.09. The minimum atomic E-state index is -5.29. The Kier molecular flexibility index (Phi) is 7.39. The molecule has 6 rings (SSSR count). The van der Waals surface area contributed by atoms with Crippen molar-refractivity contribution in [1.82, 2.24) is 4.90 Å². The molecule has 1 aromatic carbocycles. The molecule has 3 aliphatic carbocycles. The molecule has 6 atom stereocenters. The highest BCUT2D eigenvalue weighted by molar-refractivity contribution is 6.24. The Balaban J connectivity index is 1.64. The van der Waals surface area contributed by atoms with Gasteiger partial charge in [-0.1, -0.05) is 0 Å². The molecule has 2 aliphatic heterocycles. The van der Waals surface area contributed by atoms with E-state index >= 15 is 0 Å². The van der Waals surface area contributed by atoms with Gasteiger partial charge in [0.05, 0.1) is 17.3 Å². The zero-order valence-electron chi connectivity index (χ0n) is 26.3. The molecule has 14 nitrogen and oxygen atoms in total. The zero-order chi connectivity index (χ0) is 35.6. The number of carbonyl (C=O) groups excluding carboxylic acids is 4. The summed E-state index contributed by atoms with van der Waals surface area (Å²) in [5.74, 6) is -11.3. The minimum absolute atomic E-state index is 0.0739. The third kappa shape index (κ3) is 4.73. The van der Waals surface area contributed by atoms with E-state index in [4.69, 9.17) is 16.2 Å². The molecule has 1 saturated carbocycles. The van der Waals surface area contributed by atoms with Crippen LogP contribution in [0.15, 0.2) is 16.9 Å². The minimum Gasteiger partial charge on any atom is -0.508 e. The average Bonchev–Trinajstić information content (AvgIpc) is 3.33.